The monoisotopic (exact) mass is 204 g/mol. The molecule has 0 aromatic heterocycles. The average Bonchev–Trinajstić information content (AvgIpc) is 2.65. The van der Waals surface area contributed by atoms with Gasteiger partial charge < -0.3 is 4.74 Å². The van der Waals surface area contributed by atoms with E-state index in [0.29, 0.717) is 5.38 Å². The number of hydrogen-bond acceptors (Lipinski definition) is 1. The number of halogens is 1. The van der Waals surface area contributed by atoms with Gasteiger partial charge in [-0.15, -0.1) is 11.6 Å². The molecule has 1 atom stereocenters. The quantitative estimate of drug-likeness (QED) is 0.475. The maximum atomic E-state index is 6.31. The number of alkyl halides is 1. The third-order valence-corrected chi connectivity index (χ3v) is 3.46. The highest BCUT2D eigenvalue weighted by molar-refractivity contribution is 6.20. The Labute approximate surface area is 86.8 Å². The van der Waals surface area contributed by atoms with E-state index in [2.05, 4.69) is 0 Å². The van der Waals surface area contributed by atoms with Crippen LogP contribution in [0.4, 0.5) is 0 Å². The minimum atomic E-state index is 0.406. The summed E-state index contributed by atoms with van der Waals surface area (Å²) >= 11 is 6.31. The summed E-state index contributed by atoms with van der Waals surface area (Å²) in [5, 5.41) is 0.406. The topological polar surface area (TPSA) is 9.23 Å². The molecule has 0 radical (unpaired) electrons. The van der Waals surface area contributed by atoms with Gasteiger partial charge in [0.15, 0.2) is 0 Å². The zero-order valence-electron chi connectivity index (χ0n) is 8.60. The Morgan fingerprint density at radius 2 is 2.08 bits per heavy atom. The van der Waals surface area contributed by atoms with Crippen LogP contribution in [0.3, 0.4) is 0 Å². The highest BCUT2D eigenvalue weighted by Gasteiger charge is 2.22. The van der Waals surface area contributed by atoms with E-state index in [1.165, 1.54) is 25.7 Å². The van der Waals surface area contributed by atoms with Crippen LogP contribution in [0, 0.1) is 5.92 Å². The molecule has 0 spiro atoms. The van der Waals surface area contributed by atoms with Crippen LogP contribution in [0.25, 0.3) is 0 Å². The summed E-state index contributed by atoms with van der Waals surface area (Å²) in [5.74, 6) is 0.795. The first-order valence-corrected chi connectivity index (χ1v) is 6.00. The molecule has 0 bridgehead atoms. The molecule has 2 heteroatoms. The van der Waals surface area contributed by atoms with Crippen molar-refractivity contribution in [3.05, 3.63) is 0 Å². The molecule has 0 heterocycles. The Hall–Kier alpha value is 0.250. The minimum absolute atomic E-state index is 0.406. The van der Waals surface area contributed by atoms with Crippen molar-refractivity contribution in [2.45, 2.75) is 50.8 Å². The first-order chi connectivity index (χ1) is 6.34. The van der Waals surface area contributed by atoms with Crippen molar-refractivity contribution >= 4 is 11.6 Å². The standard InChI is InChI=1S/C11H21ClO/c1-2-13-9-5-8-11(12)10-6-3-4-7-10/h10-11H,2-9H2,1H3. The van der Waals surface area contributed by atoms with Gasteiger partial charge in [-0.25, -0.2) is 0 Å². The van der Waals surface area contributed by atoms with Crippen LogP contribution in [0.5, 0.6) is 0 Å². The molecule has 1 unspecified atom stereocenters. The lowest BCUT2D eigenvalue weighted by molar-refractivity contribution is 0.142. The second kappa shape index (κ2) is 6.67. The van der Waals surface area contributed by atoms with E-state index in [4.69, 9.17) is 16.3 Å². The summed E-state index contributed by atoms with van der Waals surface area (Å²) in [6.45, 7) is 3.75. The van der Waals surface area contributed by atoms with Gasteiger partial charge in [0.05, 0.1) is 0 Å². The summed E-state index contributed by atoms with van der Waals surface area (Å²) in [6, 6.07) is 0. The third kappa shape index (κ3) is 4.33. The number of ether oxygens (including phenoxy) is 1. The largest absolute Gasteiger partial charge is 0.382 e. The molecule has 0 aromatic rings. The third-order valence-electron chi connectivity index (χ3n) is 2.88. The fourth-order valence-electron chi connectivity index (χ4n) is 2.08. The fraction of sp³-hybridized carbons (Fsp3) is 1.00. The lowest BCUT2D eigenvalue weighted by Crippen LogP contribution is -2.12. The van der Waals surface area contributed by atoms with Crippen LogP contribution in [0.15, 0.2) is 0 Å². The zero-order chi connectivity index (χ0) is 9.52. The second-order valence-electron chi connectivity index (χ2n) is 3.90. The van der Waals surface area contributed by atoms with Crippen molar-refractivity contribution in [2.24, 2.45) is 5.92 Å². The molecule has 0 saturated heterocycles. The second-order valence-corrected chi connectivity index (χ2v) is 4.46. The SMILES string of the molecule is CCOCCCC(Cl)C1CCCC1. The van der Waals surface area contributed by atoms with Gasteiger partial charge in [-0.2, -0.15) is 0 Å². The predicted molar refractivity (Wildman–Crippen MR) is 57.3 cm³/mol. The van der Waals surface area contributed by atoms with Crippen molar-refractivity contribution in [1.82, 2.24) is 0 Å². The average molecular weight is 205 g/mol. The first-order valence-electron chi connectivity index (χ1n) is 5.56. The Morgan fingerprint density at radius 1 is 1.38 bits per heavy atom. The van der Waals surface area contributed by atoms with Gasteiger partial charge in [-0.05, 0) is 38.5 Å². The van der Waals surface area contributed by atoms with E-state index in [0.717, 1.165) is 32.0 Å². The van der Waals surface area contributed by atoms with Gasteiger partial charge in [0, 0.05) is 18.6 Å². The molecule has 0 aliphatic heterocycles. The summed E-state index contributed by atoms with van der Waals surface area (Å²) in [5.41, 5.74) is 0. The summed E-state index contributed by atoms with van der Waals surface area (Å²) < 4.78 is 5.29. The van der Waals surface area contributed by atoms with Crippen LogP contribution in [0.1, 0.15) is 45.4 Å². The fourth-order valence-corrected chi connectivity index (χ4v) is 2.49. The normalized spacial score (nSPS) is 20.8. The van der Waals surface area contributed by atoms with Gasteiger partial charge in [0.25, 0.3) is 0 Å². The van der Waals surface area contributed by atoms with E-state index in [-0.39, 0.29) is 0 Å². The molecule has 1 nitrogen and oxygen atoms in total. The van der Waals surface area contributed by atoms with Gasteiger partial charge in [0.1, 0.15) is 0 Å². The highest BCUT2D eigenvalue weighted by atomic mass is 35.5. The molecule has 1 fully saturated rings. The summed E-state index contributed by atoms with van der Waals surface area (Å²) in [7, 11) is 0. The van der Waals surface area contributed by atoms with Crippen LogP contribution in [-0.4, -0.2) is 18.6 Å². The van der Waals surface area contributed by atoms with Crippen LogP contribution >= 0.6 is 11.6 Å². The maximum Gasteiger partial charge on any atom is 0.0466 e. The summed E-state index contributed by atoms with van der Waals surface area (Å²) in [4.78, 5) is 0. The maximum absolute atomic E-state index is 6.31. The smallest absolute Gasteiger partial charge is 0.0466 e. The minimum Gasteiger partial charge on any atom is -0.382 e. The molecule has 0 amide bonds. The molecule has 13 heavy (non-hydrogen) atoms. The van der Waals surface area contributed by atoms with Gasteiger partial charge in [-0.3, -0.25) is 0 Å². The van der Waals surface area contributed by atoms with Crippen LogP contribution in [-0.2, 0) is 4.74 Å². The van der Waals surface area contributed by atoms with Crippen molar-refractivity contribution in [3.8, 4) is 0 Å². The molecule has 1 aliphatic carbocycles. The molecule has 0 aromatic carbocycles. The van der Waals surface area contributed by atoms with Crippen LogP contribution < -0.4 is 0 Å². The van der Waals surface area contributed by atoms with E-state index in [1.54, 1.807) is 0 Å². The van der Waals surface area contributed by atoms with Crippen molar-refractivity contribution < 1.29 is 4.74 Å². The lowest BCUT2D eigenvalue weighted by atomic mass is 10.0. The summed E-state index contributed by atoms with van der Waals surface area (Å²) in [6.07, 6.45) is 7.73. The van der Waals surface area contributed by atoms with Gasteiger partial charge >= 0.3 is 0 Å². The van der Waals surface area contributed by atoms with E-state index in [9.17, 15) is 0 Å². The Balaban J connectivity index is 1.99. The Morgan fingerprint density at radius 3 is 2.69 bits per heavy atom. The Kier molecular flexibility index (Phi) is 5.81. The first kappa shape index (κ1) is 11.3. The molecule has 1 aliphatic rings. The molecule has 78 valence electrons. The van der Waals surface area contributed by atoms with Crippen molar-refractivity contribution in [3.63, 3.8) is 0 Å². The predicted octanol–water partition coefficient (Wildman–Crippen LogP) is 3.60. The zero-order valence-corrected chi connectivity index (χ0v) is 9.35. The molecule has 0 N–H and O–H groups in total. The molecule has 1 saturated carbocycles. The lowest BCUT2D eigenvalue weighted by Gasteiger charge is -2.16. The molecule has 1 rings (SSSR count). The number of rotatable bonds is 6. The number of hydrogen-bond donors (Lipinski definition) is 0. The van der Waals surface area contributed by atoms with E-state index < -0.39 is 0 Å². The van der Waals surface area contributed by atoms with E-state index >= 15 is 0 Å². The van der Waals surface area contributed by atoms with Crippen molar-refractivity contribution in [2.75, 3.05) is 13.2 Å². The van der Waals surface area contributed by atoms with Crippen LogP contribution in [0.2, 0.25) is 0 Å². The van der Waals surface area contributed by atoms with E-state index in [1.807, 2.05) is 6.92 Å². The molecular formula is C11H21ClO. The van der Waals surface area contributed by atoms with Gasteiger partial charge in [0.2, 0.25) is 0 Å². The highest BCUT2D eigenvalue weighted by Crippen LogP contribution is 2.32. The van der Waals surface area contributed by atoms with Gasteiger partial charge in [-0.1, -0.05) is 12.8 Å². The molecular weight excluding hydrogens is 184 g/mol. The van der Waals surface area contributed by atoms with Crippen molar-refractivity contribution in [1.29, 1.82) is 0 Å². The Bertz CT molecular complexity index is 121.